The molecule has 0 saturated carbocycles. The number of ether oxygens (including phenoxy) is 1. The lowest BCUT2D eigenvalue weighted by molar-refractivity contribution is 0.204. The summed E-state index contributed by atoms with van der Waals surface area (Å²) in [6, 6.07) is 0.347. The molecule has 1 saturated heterocycles. The minimum atomic E-state index is 0.122. The van der Waals surface area contributed by atoms with Gasteiger partial charge in [-0.2, -0.15) is 0 Å². The first-order valence-corrected chi connectivity index (χ1v) is 5.24. The van der Waals surface area contributed by atoms with E-state index in [0.29, 0.717) is 12.0 Å². The maximum atomic E-state index is 5.85. The Balaban J connectivity index is 1.84. The molecule has 0 radical (unpaired) electrons. The van der Waals surface area contributed by atoms with Crippen LogP contribution in [0, 0.1) is 5.92 Å². The van der Waals surface area contributed by atoms with Crippen molar-refractivity contribution in [1.82, 2.24) is 5.32 Å². The molecule has 4 heteroatoms. The van der Waals surface area contributed by atoms with Crippen molar-refractivity contribution in [3.63, 3.8) is 0 Å². The molecule has 4 nitrogen and oxygen atoms in total. The SMILES string of the molecule is NC1CCC2CC3N=COC3C=C2N1. The van der Waals surface area contributed by atoms with Gasteiger partial charge in [-0.05, 0) is 25.3 Å². The highest BCUT2D eigenvalue weighted by molar-refractivity contribution is 5.51. The molecule has 14 heavy (non-hydrogen) atoms. The zero-order valence-electron chi connectivity index (χ0n) is 8.02. The van der Waals surface area contributed by atoms with Crippen molar-refractivity contribution in [2.75, 3.05) is 0 Å². The number of nitrogens with zero attached hydrogens (tertiary/aromatic N) is 1. The summed E-state index contributed by atoms with van der Waals surface area (Å²) in [6.45, 7) is 0. The Morgan fingerprint density at radius 3 is 3.36 bits per heavy atom. The van der Waals surface area contributed by atoms with Gasteiger partial charge < -0.3 is 15.8 Å². The van der Waals surface area contributed by atoms with Crippen molar-refractivity contribution in [2.24, 2.45) is 16.6 Å². The zero-order chi connectivity index (χ0) is 9.54. The Morgan fingerprint density at radius 1 is 1.50 bits per heavy atom. The maximum Gasteiger partial charge on any atom is 0.170 e. The summed E-state index contributed by atoms with van der Waals surface area (Å²) in [5.41, 5.74) is 7.13. The highest BCUT2D eigenvalue weighted by Crippen LogP contribution is 2.34. The van der Waals surface area contributed by atoms with E-state index in [2.05, 4.69) is 16.4 Å². The second-order valence-electron chi connectivity index (χ2n) is 4.31. The van der Waals surface area contributed by atoms with Crippen LogP contribution >= 0.6 is 0 Å². The number of aliphatic imine (C=N–C) groups is 1. The number of nitrogens with one attached hydrogen (secondary N) is 1. The molecular weight excluding hydrogens is 178 g/mol. The lowest BCUT2D eigenvalue weighted by Gasteiger charge is -2.36. The molecule has 0 amide bonds. The molecule has 0 bridgehead atoms. The lowest BCUT2D eigenvalue weighted by Crippen LogP contribution is -2.46. The van der Waals surface area contributed by atoms with E-state index in [9.17, 15) is 0 Å². The smallest absolute Gasteiger partial charge is 0.170 e. The van der Waals surface area contributed by atoms with Gasteiger partial charge in [0.05, 0.1) is 12.2 Å². The van der Waals surface area contributed by atoms with Gasteiger partial charge in [0, 0.05) is 11.6 Å². The highest BCUT2D eigenvalue weighted by atomic mass is 16.5. The van der Waals surface area contributed by atoms with Gasteiger partial charge in [0.1, 0.15) is 6.10 Å². The van der Waals surface area contributed by atoms with E-state index in [1.165, 1.54) is 12.1 Å². The van der Waals surface area contributed by atoms with Gasteiger partial charge in [-0.15, -0.1) is 0 Å². The van der Waals surface area contributed by atoms with E-state index in [-0.39, 0.29) is 12.3 Å². The third-order valence-electron chi connectivity index (χ3n) is 3.34. The number of nitrogens with two attached hydrogens (primary N) is 1. The van der Waals surface area contributed by atoms with Gasteiger partial charge in [0.15, 0.2) is 6.40 Å². The molecule has 76 valence electrons. The van der Waals surface area contributed by atoms with Gasteiger partial charge >= 0.3 is 0 Å². The highest BCUT2D eigenvalue weighted by Gasteiger charge is 2.36. The minimum absolute atomic E-state index is 0.122. The Labute approximate surface area is 83.2 Å². The number of allylic oxidation sites excluding steroid dienone is 1. The van der Waals surface area contributed by atoms with Crippen molar-refractivity contribution in [3.05, 3.63) is 11.8 Å². The fraction of sp³-hybridized carbons (Fsp3) is 0.700. The second kappa shape index (κ2) is 2.98. The third kappa shape index (κ3) is 1.21. The van der Waals surface area contributed by atoms with E-state index < -0.39 is 0 Å². The van der Waals surface area contributed by atoms with Crippen LogP contribution in [0.25, 0.3) is 0 Å². The van der Waals surface area contributed by atoms with Crippen LogP contribution in [0.3, 0.4) is 0 Å². The molecule has 0 aromatic rings. The lowest BCUT2D eigenvalue weighted by atomic mass is 9.82. The van der Waals surface area contributed by atoms with Crippen LogP contribution in [0.5, 0.6) is 0 Å². The maximum absolute atomic E-state index is 5.85. The molecule has 0 aromatic heterocycles. The number of hydrogen-bond acceptors (Lipinski definition) is 4. The predicted octanol–water partition coefficient (Wildman–Crippen LogP) is 0.354. The summed E-state index contributed by atoms with van der Waals surface area (Å²) >= 11 is 0. The molecule has 1 fully saturated rings. The van der Waals surface area contributed by atoms with Crippen LogP contribution in [0.1, 0.15) is 19.3 Å². The Bertz CT molecular complexity index is 300. The summed E-state index contributed by atoms with van der Waals surface area (Å²) in [6.07, 6.45) is 7.36. The molecule has 0 spiro atoms. The Morgan fingerprint density at radius 2 is 2.43 bits per heavy atom. The van der Waals surface area contributed by atoms with Crippen LogP contribution in [-0.4, -0.2) is 24.7 Å². The van der Waals surface area contributed by atoms with Crippen LogP contribution in [0.2, 0.25) is 0 Å². The van der Waals surface area contributed by atoms with Crippen LogP contribution < -0.4 is 11.1 Å². The second-order valence-corrected chi connectivity index (χ2v) is 4.31. The van der Waals surface area contributed by atoms with Crippen molar-refractivity contribution < 1.29 is 4.74 Å². The molecule has 4 unspecified atom stereocenters. The van der Waals surface area contributed by atoms with Gasteiger partial charge in [-0.3, -0.25) is 4.99 Å². The molecule has 3 aliphatic rings. The quantitative estimate of drug-likeness (QED) is 0.583. The zero-order valence-corrected chi connectivity index (χ0v) is 8.02. The van der Waals surface area contributed by atoms with Crippen molar-refractivity contribution >= 4 is 6.40 Å². The topological polar surface area (TPSA) is 59.6 Å². The average Bonchev–Trinajstić information content (AvgIpc) is 2.61. The van der Waals surface area contributed by atoms with Crippen LogP contribution in [0.15, 0.2) is 16.8 Å². The predicted molar refractivity (Wildman–Crippen MR) is 53.7 cm³/mol. The number of fused-ring (bicyclic) bond motifs is 2. The first-order chi connectivity index (χ1) is 6.83. The van der Waals surface area contributed by atoms with E-state index in [4.69, 9.17) is 10.5 Å². The first kappa shape index (κ1) is 8.29. The molecule has 4 atom stereocenters. The fourth-order valence-electron chi connectivity index (χ4n) is 2.54. The van der Waals surface area contributed by atoms with Gasteiger partial charge in [-0.1, -0.05) is 0 Å². The molecule has 2 heterocycles. The summed E-state index contributed by atoms with van der Waals surface area (Å²) in [5.74, 6) is 0.620. The third-order valence-corrected chi connectivity index (χ3v) is 3.34. The summed E-state index contributed by atoms with van der Waals surface area (Å²) in [7, 11) is 0. The van der Waals surface area contributed by atoms with E-state index in [0.717, 1.165) is 12.8 Å². The number of rotatable bonds is 0. The van der Waals surface area contributed by atoms with Gasteiger partial charge in [-0.25, -0.2) is 0 Å². The molecule has 2 aliphatic heterocycles. The normalized spacial score (nSPS) is 44.5. The number of piperidine rings is 1. The van der Waals surface area contributed by atoms with Gasteiger partial charge in [0.25, 0.3) is 0 Å². The fourth-order valence-corrected chi connectivity index (χ4v) is 2.54. The number of hydrogen-bond donors (Lipinski definition) is 2. The van der Waals surface area contributed by atoms with Crippen LogP contribution in [0.4, 0.5) is 0 Å². The largest absolute Gasteiger partial charge is 0.474 e. The average molecular weight is 193 g/mol. The van der Waals surface area contributed by atoms with Crippen molar-refractivity contribution in [3.8, 4) is 0 Å². The van der Waals surface area contributed by atoms with Gasteiger partial charge in [0.2, 0.25) is 0 Å². The van der Waals surface area contributed by atoms with E-state index >= 15 is 0 Å². The summed E-state index contributed by atoms with van der Waals surface area (Å²) in [5, 5.41) is 3.33. The summed E-state index contributed by atoms with van der Waals surface area (Å²) < 4.78 is 5.39. The Kier molecular flexibility index (Phi) is 1.77. The van der Waals surface area contributed by atoms with Crippen molar-refractivity contribution in [1.29, 1.82) is 0 Å². The van der Waals surface area contributed by atoms with E-state index in [1.807, 2.05) is 0 Å². The minimum Gasteiger partial charge on any atom is -0.474 e. The molecule has 3 N–H and O–H groups in total. The molecule has 3 rings (SSSR count). The monoisotopic (exact) mass is 193 g/mol. The molecular formula is C10H15N3O. The Hall–Kier alpha value is -1.03. The molecule has 0 aromatic carbocycles. The standard InChI is InChI=1S/C10H15N3O/c11-10-2-1-6-3-8-9(14-5-12-8)4-7(6)13-10/h4-6,8-10,13H,1-3,11H2. The van der Waals surface area contributed by atoms with E-state index in [1.54, 1.807) is 6.40 Å². The first-order valence-electron chi connectivity index (χ1n) is 5.24. The van der Waals surface area contributed by atoms with Crippen molar-refractivity contribution in [2.45, 2.75) is 37.6 Å². The molecule has 1 aliphatic carbocycles. The van der Waals surface area contributed by atoms with Crippen LogP contribution in [-0.2, 0) is 4.74 Å². The summed E-state index contributed by atoms with van der Waals surface area (Å²) in [4.78, 5) is 4.32.